The Labute approximate surface area is 288 Å². The van der Waals surface area contributed by atoms with Crippen molar-refractivity contribution in [1.82, 2.24) is 0 Å². The fourth-order valence-corrected chi connectivity index (χ4v) is 9.43. The molecule has 2 aliphatic carbocycles. The standard InChI is InChI=1S/C37H54O12/c1-8-34(2)14-11-26-35(3)15-13-27(48-28(39)10-9-21-17-22(44-6)29(40)23(18-21)45-7)36(4,25(35)12-16-37(26,5)49-34)20-46-33-32(43)31(42)30(41)24(19-38)47-33/h8-10,17-18,24-27,30-33,38,40-43H,1,11-16,19-20H2,2-7H3. The Hall–Kier alpha value is -2.71. The highest BCUT2D eigenvalue weighted by atomic mass is 16.7. The number of aromatic hydroxyl groups is 1. The summed E-state index contributed by atoms with van der Waals surface area (Å²) in [5.41, 5.74) is -1.19. The lowest BCUT2D eigenvalue weighted by Crippen LogP contribution is -2.66. The first-order valence-electron chi connectivity index (χ1n) is 17.2. The molecule has 0 spiro atoms. The molecule has 4 fully saturated rings. The zero-order valence-corrected chi connectivity index (χ0v) is 29.5. The Morgan fingerprint density at radius 1 is 0.959 bits per heavy atom. The van der Waals surface area contributed by atoms with Gasteiger partial charge in [0.2, 0.25) is 5.75 Å². The number of aliphatic hydroxyl groups excluding tert-OH is 4. The van der Waals surface area contributed by atoms with Crippen molar-refractivity contribution in [2.75, 3.05) is 27.4 Å². The van der Waals surface area contributed by atoms with Gasteiger partial charge >= 0.3 is 5.97 Å². The SMILES string of the molecule is C=CC1(C)CCC2C(C)(CCC3C(C)(COC4OC(CO)C(O)C(O)C4O)C(OC(=O)C=Cc4cc(OC)c(O)c(OC)c4)CCC23C)O1. The predicted octanol–water partition coefficient (Wildman–Crippen LogP) is 3.50. The van der Waals surface area contributed by atoms with Gasteiger partial charge < -0.3 is 54.0 Å². The van der Waals surface area contributed by atoms with Crippen LogP contribution in [0.5, 0.6) is 17.2 Å². The van der Waals surface area contributed by atoms with Crippen LogP contribution in [0.2, 0.25) is 0 Å². The van der Waals surface area contributed by atoms with Crippen LogP contribution >= 0.6 is 0 Å². The van der Waals surface area contributed by atoms with E-state index in [1.54, 1.807) is 18.2 Å². The van der Waals surface area contributed by atoms with Crippen LogP contribution in [0.25, 0.3) is 6.08 Å². The number of ether oxygens (including phenoxy) is 6. The quantitative estimate of drug-likeness (QED) is 0.138. The normalized spacial score (nSPS) is 42.2. The van der Waals surface area contributed by atoms with Gasteiger partial charge in [-0.15, -0.1) is 6.58 Å². The monoisotopic (exact) mass is 690 g/mol. The van der Waals surface area contributed by atoms with Crippen LogP contribution in [0.3, 0.4) is 0 Å². The summed E-state index contributed by atoms with van der Waals surface area (Å²) in [6.45, 7) is 12.1. The number of aliphatic hydroxyl groups is 4. The number of methoxy groups -OCH3 is 2. The first-order chi connectivity index (χ1) is 23.1. The van der Waals surface area contributed by atoms with Crippen molar-refractivity contribution in [2.24, 2.45) is 22.7 Å². The molecule has 0 aromatic heterocycles. The van der Waals surface area contributed by atoms with Crippen LogP contribution < -0.4 is 9.47 Å². The van der Waals surface area contributed by atoms with Crippen LogP contribution in [-0.2, 0) is 23.7 Å². The Morgan fingerprint density at radius 3 is 2.22 bits per heavy atom. The molecule has 2 saturated carbocycles. The second-order valence-corrected chi connectivity index (χ2v) is 15.2. The molecule has 49 heavy (non-hydrogen) atoms. The van der Waals surface area contributed by atoms with E-state index in [9.17, 15) is 30.3 Å². The molecular formula is C37H54O12. The van der Waals surface area contributed by atoms with Gasteiger partial charge in [0, 0.05) is 11.5 Å². The maximum absolute atomic E-state index is 13.4. The highest BCUT2D eigenvalue weighted by molar-refractivity contribution is 5.87. The van der Waals surface area contributed by atoms with E-state index in [0.717, 1.165) is 32.1 Å². The van der Waals surface area contributed by atoms with Gasteiger partial charge in [-0.05, 0) is 93.4 Å². The van der Waals surface area contributed by atoms with E-state index in [0.29, 0.717) is 12.0 Å². The second-order valence-electron chi connectivity index (χ2n) is 15.2. The lowest BCUT2D eigenvalue weighted by molar-refractivity contribution is -0.318. The molecule has 2 heterocycles. The fraction of sp³-hybridized carbons (Fsp3) is 0.703. The maximum atomic E-state index is 13.4. The van der Waals surface area contributed by atoms with Gasteiger partial charge in [-0.2, -0.15) is 0 Å². The van der Waals surface area contributed by atoms with E-state index in [2.05, 4.69) is 27.4 Å². The van der Waals surface area contributed by atoms with Gasteiger partial charge in [-0.25, -0.2) is 4.79 Å². The molecule has 274 valence electrons. The molecule has 1 aromatic carbocycles. The third-order valence-corrected chi connectivity index (χ3v) is 12.1. The highest BCUT2D eigenvalue weighted by Crippen LogP contribution is 2.66. The first kappa shape index (κ1) is 37.5. The molecule has 12 heteroatoms. The van der Waals surface area contributed by atoms with E-state index in [1.807, 2.05) is 13.0 Å². The van der Waals surface area contributed by atoms with Gasteiger partial charge in [-0.1, -0.05) is 19.9 Å². The summed E-state index contributed by atoms with van der Waals surface area (Å²) < 4.78 is 35.4. The zero-order valence-electron chi connectivity index (χ0n) is 29.5. The number of phenolic OH excluding ortho intramolecular Hbond substituents is 1. The van der Waals surface area contributed by atoms with Crippen molar-refractivity contribution < 1.29 is 58.7 Å². The van der Waals surface area contributed by atoms with Crippen molar-refractivity contribution in [1.29, 1.82) is 0 Å². The Morgan fingerprint density at radius 2 is 1.61 bits per heavy atom. The third kappa shape index (κ3) is 6.85. The van der Waals surface area contributed by atoms with Crippen molar-refractivity contribution in [3.8, 4) is 17.2 Å². The number of hydrogen-bond donors (Lipinski definition) is 5. The molecule has 12 nitrogen and oxygen atoms in total. The van der Waals surface area contributed by atoms with Crippen LogP contribution in [0.4, 0.5) is 0 Å². The number of esters is 1. The first-order valence-corrected chi connectivity index (χ1v) is 17.2. The Balaban J connectivity index is 1.42. The molecule has 0 bridgehead atoms. The zero-order chi connectivity index (χ0) is 35.9. The van der Waals surface area contributed by atoms with Crippen LogP contribution in [0.15, 0.2) is 30.9 Å². The fourth-order valence-electron chi connectivity index (χ4n) is 9.43. The van der Waals surface area contributed by atoms with E-state index in [-0.39, 0.29) is 46.7 Å². The number of carbonyl (C=O) groups excluding carboxylic acids is 1. The molecule has 12 atom stereocenters. The molecule has 2 aliphatic heterocycles. The molecule has 1 aromatic rings. The molecule has 2 saturated heterocycles. The third-order valence-electron chi connectivity index (χ3n) is 12.1. The van der Waals surface area contributed by atoms with Gasteiger partial charge in [0.05, 0.1) is 38.6 Å². The van der Waals surface area contributed by atoms with Crippen molar-refractivity contribution in [3.63, 3.8) is 0 Å². The average Bonchev–Trinajstić information content (AvgIpc) is 3.07. The number of phenols is 1. The van der Waals surface area contributed by atoms with Crippen molar-refractivity contribution >= 4 is 12.0 Å². The molecule has 4 aliphatic rings. The number of benzene rings is 1. The summed E-state index contributed by atoms with van der Waals surface area (Å²) in [6, 6.07) is 3.16. The summed E-state index contributed by atoms with van der Waals surface area (Å²) in [5, 5.41) is 51.5. The highest BCUT2D eigenvalue weighted by Gasteiger charge is 2.65. The van der Waals surface area contributed by atoms with Crippen molar-refractivity contribution in [2.45, 2.75) is 114 Å². The molecular weight excluding hydrogens is 636 g/mol. The summed E-state index contributed by atoms with van der Waals surface area (Å²) >= 11 is 0. The smallest absolute Gasteiger partial charge is 0.331 e. The topological polar surface area (TPSA) is 174 Å². The van der Waals surface area contributed by atoms with E-state index < -0.39 is 60.4 Å². The summed E-state index contributed by atoms with van der Waals surface area (Å²) in [4.78, 5) is 13.4. The molecule has 12 unspecified atom stereocenters. The largest absolute Gasteiger partial charge is 0.502 e. The van der Waals surface area contributed by atoms with E-state index >= 15 is 0 Å². The van der Waals surface area contributed by atoms with Crippen LogP contribution in [0.1, 0.15) is 71.8 Å². The minimum Gasteiger partial charge on any atom is -0.502 e. The van der Waals surface area contributed by atoms with Gasteiger partial charge in [0.25, 0.3) is 0 Å². The summed E-state index contributed by atoms with van der Waals surface area (Å²) in [5.74, 6) is -0.0917. The van der Waals surface area contributed by atoms with Gasteiger partial charge in [0.1, 0.15) is 30.5 Å². The van der Waals surface area contributed by atoms with E-state index in [4.69, 9.17) is 28.4 Å². The summed E-state index contributed by atoms with van der Waals surface area (Å²) in [7, 11) is 2.84. The number of fused-ring (bicyclic) bond motifs is 3. The number of carbonyl (C=O) groups is 1. The minimum atomic E-state index is -1.58. The number of hydrogen-bond acceptors (Lipinski definition) is 12. The lowest BCUT2D eigenvalue weighted by atomic mass is 9.43. The molecule has 0 radical (unpaired) electrons. The lowest BCUT2D eigenvalue weighted by Gasteiger charge is -2.66. The van der Waals surface area contributed by atoms with Gasteiger partial charge in [-0.3, -0.25) is 0 Å². The number of rotatable bonds is 10. The Bertz CT molecular complexity index is 1370. The average molecular weight is 691 g/mol. The minimum absolute atomic E-state index is 0.0125. The molecule has 0 amide bonds. The molecule has 5 rings (SSSR count). The van der Waals surface area contributed by atoms with Crippen LogP contribution in [-0.4, -0.2) is 107 Å². The maximum Gasteiger partial charge on any atom is 0.331 e. The molecule has 5 N–H and O–H groups in total. The predicted molar refractivity (Wildman–Crippen MR) is 179 cm³/mol. The van der Waals surface area contributed by atoms with Crippen molar-refractivity contribution in [3.05, 3.63) is 36.4 Å². The van der Waals surface area contributed by atoms with Gasteiger partial charge in [0.15, 0.2) is 17.8 Å². The Kier molecular flexibility index (Phi) is 10.8. The summed E-state index contributed by atoms with van der Waals surface area (Å²) in [6.07, 6.45) is 1.79. The van der Waals surface area contributed by atoms with Crippen LogP contribution in [0, 0.1) is 22.7 Å². The second kappa shape index (κ2) is 14.1. The van der Waals surface area contributed by atoms with E-state index in [1.165, 1.54) is 20.3 Å².